The van der Waals surface area contributed by atoms with Crippen molar-refractivity contribution < 1.29 is 18.0 Å². The maximum atomic E-state index is 12.3. The molecule has 17 heavy (non-hydrogen) atoms. The van der Waals surface area contributed by atoms with E-state index in [1.165, 1.54) is 19.1 Å². The quantitative estimate of drug-likeness (QED) is 0.644. The molecule has 0 bridgehead atoms. The fourth-order valence-electron chi connectivity index (χ4n) is 1.12. The Morgan fingerprint density at radius 3 is 2.35 bits per heavy atom. The highest BCUT2D eigenvalue weighted by Crippen LogP contribution is 2.18. The summed E-state index contributed by atoms with van der Waals surface area (Å²) in [5, 5.41) is 3.08. The lowest BCUT2D eigenvalue weighted by molar-refractivity contribution is -0.0606. The van der Waals surface area contributed by atoms with Crippen LogP contribution in [0, 0.1) is 0 Å². The maximum Gasteiger partial charge on any atom is 0.431 e. The summed E-state index contributed by atoms with van der Waals surface area (Å²) in [5.41, 5.74) is 1.13. The van der Waals surface area contributed by atoms with Crippen LogP contribution in [0.2, 0.25) is 0 Å². The van der Waals surface area contributed by atoms with Crippen LogP contribution < -0.4 is 5.43 Å². The van der Waals surface area contributed by atoms with Gasteiger partial charge in [-0.2, -0.15) is 18.3 Å². The zero-order valence-electron chi connectivity index (χ0n) is 9.08. The number of halogens is 3. The lowest BCUT2D eigenvalue weighted by atomic mass is 10.2. The van der Waals surface area contributed by atoms with Gasteiger partial charge in [-0.1, -0.05) is 25.1 Å². The molecule has 0 aromatic heterocycles. The average molecular weight is 244 g/mol. The summed E-state index contributed by atoms with van der Waals surface area (Å²) in [6.45, 7) is 1.32. The van der Waals surface area contributed by atoms with Crippen molar-refractivity contribution in [1.82, 2.24) is 5.43 Å². The van der Waals surface area contributed by atoms with Crippen molar-refractivity contribution in [2.45, 2.75) is 19.5 Å². The predicted octanol–water partition coefficient (Wildman–Crippen LogP) is 2.74. The number of carbonyl (C=O) groups excluding carboxylic acids is 1. The predicted molar refractivity (Wildman–Crippen MR) is 57.7 cm³/mol. The van der Waals surface area contributed by atoms with Gasteiger partial charge in [0.1, 0.15) is 5.71 Å². The monoisotopic (exact) mass is 244 g/mol. The second-order valence-corrected chi connectivity index (χ2v) is 3.22. The summed E-state index contributed by atoms with van der Waals surface area (Å²) < 4.78 is 36.9. The third-order valence-electron chi connectivity index (χ3n) is 1.99. The Bertz CT molecular complexity index is 412. The van der Waals surface area contributed by atoms with Crippen LogP contribution >= 0.6 is 0 Å². The highest BCUT2D eigenvalue weighted by Gasteiger charge is 2.34. The Morgan fingerprint density at radius 2 is 1.88 bits per heavy atom. The summed E-state index contributed by atoms with van der Waals surface area (Å²) in [5.74, 6) is -0.666. The molecule has 0 aliphatic carbocycles. The van der Waals surface area contributed by atoms with Crippen LogP contribution in [0.25, 0.3) is 0 Å². The van der Waals surface area contributed by atoms with E-state index in [0.29, 0.717) is 0 Å². The molecule has 1 rings (SSSR count). The molecule has 1 aromatic carbocycles. The van der Waals surface area contributed by atoms with Gasteiger partial charge < -0.3 is 0 Å². The first kappa shape index (κ1) is 13.2. The second-order valence-electron chi connectivity index (χ2n) is 3.22. The number of alkyl halides is 3. The molecule has 3 nitrogen and oxygen atoms in total. The first-order chi connectivity index (χ1) is 7.95. The molecule has 0 radical (unpaired) electrons. The molecule has 0 aliphatic heterocycles. The van der Waals surface area contributed by atoms with Crippen molar-refractivity contribution in [2.75, 3.05) is 0 Å². The molecule has 6 heteroatoms. The molecule has 0 saturated heterocycles. The van der Waals surface area contributed by atoms with Gasteiger partial charge in [-0.25, -0.2) is 5.43 Å². The Morgan fingerprint density at radius 1 is 1.29 bits per heavy atom. The minimum atomic E-state index is -4.52. The van der Waals surface area contributed by atoms with Crippen LogP contribution in [-0.2, 0) is 0 Å². The van der Waals surface area contributed by atoms with Crippen LogP contribution in [0.15, 0.2) is 35.4 Å². The first-order valence-corrected chi connectivity index (χ1v) is 4.94. The highest BCUT2D eigenvalue weighted by atomic mass is 19.4. The van der Waals surface area contributed by atoms with Crippen molar-refractivity contribution in [2.24, 2.45) is 5.10 Å². The van der Waals surface area contributed by atoms with E-state index in [2.05, 4.69) is 5.10 Å². The molecule has 0 unspecified atom stereocenters. The molecule has 0 spiro atoms. The Labute approximate surface area is 96.3 Å². The van der Waals surface area contributed by atoms with E-state index in [9.17, 15) is 18.0 Å². The van der Waals surface area contributed by atoms with E-state index >= 15 is 0 Å². The van der Waals surface area contributed by atoms with E-state index in [0.717, 1.165) is 0 Å². The van der Waals surface area contributed by atoms with Crippen LogP contribution in [0.5, 0.6) is 0 Å². The number of amides is 1. The molecule has 1 amide bonds. The van der Waals surface area contributed by atoms with E-state index in [1.54, 1.807) is 18.2 Å². The molecular weight excluding hydrogens is 233 g/mol. The molecule has 0 saturated carbocycles. The Hall–Kier alpha value is -1.85. The van der Waals surface area contributed by atoms with Crippen molar-refractivity contribution in [3.63, 3.8) is 0 Å². The van der Waals surface area contributed by atoms with Gasteiger partial charge in [-0.15, -0.1) is 0 Å². The maximum absolute atomic E-state index is 12.3. The largest absolute Gasteiger partial charge is 0.431 e. The number of hydrogen-bond acceptors (Lipinski definition) is 2. The minimum Gasteiger partial charge on any atom is -0.267 e. The van der Waals surface area contributed by atoms with Crippen LogP contribution in [0.4, 0.5) is 13.2 Å². The molecule has 1 aromatic rings. The molecule has 0 aliphatic rings. The molecule has 92 valence electrons. The van der Waals surface area contributed by atoms with Gasteiger partial charge in [0, 0.05) is 5.56 Å². The summed E-state index contributed by atoms with van der Waals surface area (Å²) in [6, 6.07) is 7.91. The number of hydrazone groups is 1. The van der Waals surface area contributed by atoms with Crippen LogP contribution in [-0.4, -0.2) is 17.8 Å². The number of hydrogen-bond donors (Lipinski definition) is 1. The van der Waals surface area contributed by atoms with Gasteiger partial charge in [0.25, 0.3) is 5.91 Å². The van der Waals surface area contributed by atoms with Gasteiger partial charge in [-0.3, -0.25) is 4.79 Å². The number of nitrogens with zero attached hydrogens (tertiary/aromatic N) is 1. The SMILES string of the molecule is CC/C(=N\NC(=O)c1ccccc1)C(F)(F)F. The summed E-state index contributed by atoms with van der Waals surface area (Å²) in [4.78, 5) is 11.4. The Kier molecular flexibility index (Phi) is 4.25. The van der Waals surface area contributed by atoms with Crippen LogP contribution in [0.3, 0.4) is 0 Å². The van der Waals surface area contributed by atoms with E-state index < -0.39 is 17.8 Å². The highest BCUT2D eigenvalue weighted by molar-refractivity contribution is 5.96. The van der Waals surface area contributed by atoms with Gasteiger partial charge in [0.2, 0.25) is 0 Å². The van der Waals surface area contributed by atoms with Crippen molar-refractivity contribution in [1.29, 1.82) is 0 Å². The minimum absolute atomic E-state index is 0.258. The summed E-state index contributed by atoms with van der Waals surface area (Å²) in [7, 11) is 0. The smallest absolute Gasteiger partial charge is 0.267 e. The molecule has 0 fully saturated rings. The average Bonchev–Trinajstić information content (AvgIpc) is 2.29. The lowest BCUT2D eigenvalue weighted by Crippen LogP contribution is -2.27. The second kappa shape index (κ2) is 5.47. The van der Waals surface area contributed by atoms with E-state index in [4.69, 9.17) is 0 Å². The zero-order valence-corrected chi connectivity index (χ0v) is 9.08. The van der Waals surface area contributed by atoms with Crippen molar-refractivity contribution in [3.8, 4) is 0 Å². The molecular formula is C11H11F3N2O. The molecule has 0 heterocycles. The zero-order chi connectivity index (χ0) is 12.9. The molecule has 1 N–H and O–H groups in total. The van der Waals surface area contributed by atoms with Crippen molar-refractivity contribution in [3.05, 3.63) is 35.9 Å². The first-order valence-electron chi connectivity index (χ1n) is 4.94. The summed E-state index contributed by atoms with van der Waals surface area (Å²) in [6.07, 6.45) is -4.81. The number of rotatable bonds is 3. The lowest BCUT2D eigenvalue weighted by Gasteiger charge is -2.08. The third-order valence-corrected chi connectivity index (χ3v) is 1.99. The topological polar surface area (TPSA) is 41.5 Å². The number of carbonyl (C=O) groups is 1. The third kappa shape index (κ3) is 3.90. The molecule has 0 atom stereocenters. The fraction of sp³-hybridized carbons (Fsp3) is 0.273. The summed E-state index contributed by atoms with van der Waals surface area (Å²) >= 11 is 0. The van der Waals surface area contributed by atoms with Gasteiger partial charge >= 0.3 is 6.18 Å². The van der Waals surface area contributed by atoms with E-state index in [-0.39, 0.29) is 12.0 Å². The number of nitrogens with one attached hydrogen (secondary N) is 1. The van der Waals surface area contributed by atoms with Gasteiger partial charge in [0.15, 0.2) is 0 Å². The standard InChI is InChI=1S/C11H11F3N2O/c1-2-9(11(12,13)14)15-16-10(17)8-6-4-3-5-7-8/h3-7H,2H2,1H3,(H,16,17)/b15-9+. The van der Waals surface area contributed by atoms with Crippen molar-refractivity contribution >= 4 is 11.6 Å². The Balaban J connectivity index is 2.73. The fourth-order valence-corrected chi connectivity index (χ4v) is 1.12. The van der Waals surface area contributed by atoms with Gasteiger partial charge in [-0.05, 0) is 18.6 Å². The van der Waals surface area contributed by atoms with E-state index in [1.807, 2.05) is 5.43 Å². The van der Waals surface area contributed by atoms with Crippen LogP contribution in [0.1, 0.15) is 23.7 Å². The number of benzene rings is 1. The van der Waals surface area contributed by atoms with Gasteiger partial charge in [0.05, 0.1) is 0 Å². The normalized spacial score (nSPS) is 12.4.